The van der Waals surface area contributed by atoms with Crippen molar-refractivity contribution in [1.82, 2.24) is 19.5 Å². The average Bonchev–Trinajstić information content (AvgIpc) is 3.27. The number of amides is 1. The van der Waals surface area contributed by atoms with Crippen molar-refractivity contribution < 1.29 is 9.21 Å². The van der Waals surface area contributed by atoms with Crippen molar-refractivity contribution in [2.75, 3.05) is 0 Å². The van der Waals surface area contributed by atoms with Crippen LogP contribution in [0.2, 0.25) is 0 Å². The summed E-state index contributed by atoms with van der Waals surface area (Å²) < 4.78 is 8.87. The molecule has 0 fully saturated rings. The van der Waals surface area contributed by atoms with Gasteiger partial charge in [-0.15, -0.1) is 0 Å². The van der Waals surface area contributed by atoms with Crippen LogP contribution in [0.3, 0.4) is 0 Å². The molecule has 1 aromatic carbocycles. The zero-order valence-corrected chi connectivity index (χ0v) is 17.7. The van der Waals surface area contributed by atoms with E-state index in [2.05, 4.69) is 10.4 Å². The van der Waals surface area contributed by atoms with Gasteiger partial charge in [0.15, 0.2) is 5.58 Å². The van der Waals surface area contributed by atoms with Crippen LogP contribution in [-0.2, 0) is 11.2 Å². The summed E-state index contributed by atoms with van der Waals surface area (Å²) in [6, 6.07) is 12.5. The van der Waals surface area contributed by atoms with E-state index in [4.69, 9.17) is 4.42 Å². The second-order valence-electron chi connectivity index (χ2n) is 7.56. The van der Waals surface area contributed by atoms with Crippen molar-refractivity contribution in [2.24, 2.45) is 0 Å². The van der Waals surface area contributed by atoms with Crippen LogP contribution < -0.4 is 10.9 Å². The molecule has 7 heteroatoms. The number of nitrogens with one attached hydrogen (secondary N) is 1. The van der Waals surface area contributed by atoms with Crippen molar-refractivity contribution >= 4 is 22.5 Å². The highest BCUT2D eigenvalue weighted by molar-refractivity contribution is 5.84. The molecule has 1 amide bonds. The maximum absolute atomic E-state index is 13.3. The van der Waals surface area contributed by atoms with Crippen LogP contribution in [0, 0.1) is 6.92 Å². The maximum Gasteiger partial charge on any atom is 0.291 e. The molecule has 0 saturated heterocycles. The van der Waals surface area contributed by atoms with E-state index >= 15 is 0 Å². The fraction of sp³-hybridized carbons (Fsp3) is 0.348. The van der Waals surface area contributed by atoms with Crippen LogP contribution in [0.15, 0.2) is 51.7 Å². The second-order valence-corrected chi connectivity index (χ2v) is 7.56. The summed E-state index contributed by atoms with van der Waals surface area (Å²) in [7, 11) is 0. The van der Waals surface area contributed by atoms with Crippen LogP contribution in [0.5, 0.6) is 0 Å². The number of benzene rings is 1. The van der Waals surface area contributed by atoms with Gasteiger partial charge in [-0.3, -0.25) is 14.0 Å². The van der Waals surface area contributed by atoms with Crippen LogP contribution in [-0.4, -0.2) is 20.1 Å². The van der Waals surface area contributed by atoms with E-state index in [0.717, 1.165) is 16.8 Å². The molecule has 0 aliphatic carbocycles. The average molecular weight is 406 g/mol. The minimum atomic E-state index is -0.693. The summed E-state index contributed by atoms with van der Waals surface area (Å²) in [4.78, 5) is 26.3. The third-order valence-corrected chi connectivity index (χ3v) is 5.48. The van der Waals surface area contributed by atoms with Crippen molar-refractivity contribution in [3.63, 3.8) is 0 Å². The first-order valence-corrected chi connectivity index (χ1v) is 10.3. The first kappa shape index (κ1) is 19.9. The molecule has 4 rings (SSSR count). The van der Waals surface area contributed by atoms with Gasteiger partial charge >= 0.3 is 0 Å². The Morgan fingerprint density at radius 3 is 2.57 bits per heavy atom. The first-order chi connectivity index (χ1) is 14.4. The first-order valence-electron chi connectivity index (χ1n) is 10.3. The molecule has 0 radical (unpaired) electrons. The molecule has 4 aromatic rings. The van der Waals surface area contributed by atoms with Gasteiger partial charge in [-0.05, 0) is 25.8 Å². The van der Waals surface area contributed by atoms with Gasteiger partial charge in [-0.2, -0.15) is 5.10 Å². The van der Waals surface area contributed by atoms with Crippen LogP contribution in [0.4, 0.5) is 0 Å². The Balaban J connectivity index is 1.75. The van der Waals surface area contributed by atoms with Gasteiger partial charge < -0.3 is 9.73 Å². The van der Waals surface area contributed by atoms with E-state index in [1.165, 1.54) is 4.68 Å². The van der Waals surface area contributed by atoms with Gasteiger partial charge in [0.25, 0.3) is 5.56 Å². The predicted molar refractivity (Wildman–Crippen MR) is 116 cm³/mol. The summed E-state index contributed by atoms with van der Waals surface area (Å²) in [5.74, 6) is 1.27. The van der Waals surface area contributed by atoms with E-state index in [1.54, 1.807) is 6.07 Å². The van der Waals surface area contributed by atoms with Gasteiger partial charge in [-0.25, -0.2) is 4.68 Å². The van der Waals surface area contributed by atoms with Crippen molar-refractivity contribution in [3.8, 4) is 0 Å². The largest absolute Gasteiger partial charge is 0.460 e. The quantitative estimate of drug-likeness (QED) is 0.526. The predicted octanol–water partition coefficient (Wildman–Crippen LogP) is 3.94. The zero-order valence-electron chi connectivity index (χ0n) is 17.7. The highest BCUT2D eigenvalue weighted by Crippen LogP contribution is 2.24. The SMILES string of the molecule is CCc1nn([C@H](CC)C(=O)N[C@@H](C)c2ccccc2)c(=O)c2cc3oc(C)cc3n12. The fourth-order valence-corrected chi connectivity index (χ4v) is 3.93. The number of furan rings is 1. The lowest BCUT2D eigenvalue weighted by Crippen LogP contribution is -2.40. The van der Waals surface area contributed by atoms with Crippen molar-refractivity contribution in [1.29, 1.82) is 0 Å². The zero-order chi connectivity index (χ0) is 21.4. The highest BCUT2D eigenvalue weighted by Gasteiger charge is 2.25. The number of nitrogens with zero attached hydrogens (tertiary/aromatic N) is 3. The Hall–Kier alpha value is -3.35. The minimum absolute atomic E-state index is 0.170. The molecular formula is C23H26N4O3. The summed E-state index contributed by atoms with van der Waals surface area (Å²) in [5.41, 5.74) is 2.65. The van der Waals surface area contributed by atoms with Crippen molar-refractivity contribution in [2.45, 2.75) is 52.6 Å². The van der Waals surface area contributed by atoms with Gasteiger partial charge in [0, 0.05) is 18.6 Å². The Morgan fingerprint density at radius 2 is 1.90 bits per heavy atom. The maximum atomic E-state index is 13.3. The van der Waals surface area contributed by atoms with E-state index in [0.29, 0.717) is 29.8 Å². The lowest BCUT2D eigenvalue weighted by atomic mass is 10.1. The Morgan fingerprint density at radius 1 is 1.17 bits per heavy atom. The Bertz CT molecular complexity index is 1270. The number of carbonyl (C=O) groups is 1. The van der Waals surface area contributed by atoms with Gasteiger partial charge in [-0.1, -0.05) is 44.2 Å². The normalized spacial score (nSPS) is 13.6. The lowest BCUT2D eigenvalue weighted by molar-refractivity contribution is -0.125. The summed E-state index contributed by atoms with van der Waals surface area (Å²) in [5, 5.41) is 7.61. The van der Waals surface area contributed by atoms with Crippen molar-refractivity contribution in [3.05, 3.63) is 70.0 Å². The standard InChI is InChI=1S/C23H26N4O3/c1-5-17(22(28)24-15(4)16-10-8-7-9-11-16)27-23(29)19-13-20-18(12-14(3)30-20)26(19)21(6-2)25-27/h7-13,15,17H,5-6H2,1-4H3,(H,24,28)/t15-,17+/m0/s1. The van der Waals surface area contributed by atoms with E-state index in [9.17, 15) is 9.59 Å². The van der Waals surface area contributed by atoms with Gasteiger partial charge in [0.05, 0.1) is 11.6 Å². The topological polar surface area (TPSA) is 81.5 Å². The summed E-state index contributed by atoms with van der Waals surface area (Å²) in [6.45, 7) is 7.67. The minimum Gasteiger partial charge on any atom is -0.460 e. The lowest BCUT2D eigenvalue weighted by Gasteiger charge is -2.21. The van der Waals surface area contributed by atoms with E-state index < -0.39 is 6.04 Å². The number of aryl methyl sites for hydroxylation is 2. The highest BCUT2D eigenvalue weighted by atomic mass is 16.3. The third-order valence-electron chi connectivity index (χ3n) is 5.48. The van der Waals surface area contributed by atoms with E-state index in [-0.39, 0.29) is 17.5 Å². The number of rotatable bonds is 6. The number of carbonyl (C=O) groups excluding carboxylic acids is 1. The molecule has 0 bridgehead atoms. The Labute approximate surface area is 174 Å². The number of aromatic nitrogens is 3. The second kappa shape index (κ2) is 7.82. The van der Waals surface area contributed by atoms with Crippen LogP contribution in [0.25, 0.3) is 16.6 Å². The smallest absolute Gasteiger partial charge is 0.291 e. The molecule has 7 nitrogen and oxygen atoms in total. The molecule has 0 aliphatic rings. The van der Waals surface area contributed by atoms with E-state index in [1.807, 2.05) is 68.5 Å². The number of fused-ring (bicyclic) bond motifs is 3. The molecule has 30 heavy (non-hydrogen) atoms. The fourth-order valence-electron chi connectivity index (χ4n) is 3.93. The number of hydrogen-bond donors (Lipinski definition) is 1. The molecular weight excluding hydrogens is 380 g/mol. The summed E-state index contributed by atoms with van der Waals surface area (Å²) in [6.07, 6.45) is 1.07. The molecule has 0 unspecified atom stereocenters. The summed E-state index contributed by atoms with van der Waals surface area (Å²) >= 11 is 0. The molecule has 0 aliphatic heterocycles. The molecule has 1 N–H and O–H groups in total. The number of hydrogen-bond acceptors (Lipinski definition) is 4. The van der Waals surface area contributed by atoms with Gasteiger partial charge in [0.1, 0.15) is 23.1 Å². The molecule has 3 aromatic heterocycles. The molecule has 0 spiro atoms. The molecule has 3 heterocycles. The monoisotopic (exact) mass is 406 g/mol. The van der Waals surface area contributed by atoms with Crippen LogP contribution in [0.1, 0.15) is 56.4 Å². The molecule has 156 valence electrons. The van der Waals surface area contributed by atoms with Gasteiger partial charge in [0.2, 0.25) is 5.91 Å². The van der Waals surface area contributed by atoms with Crippen LogP contribution >= 0.6 is 0 Å². The molecule has 0 saturated carbocycles. The Kier molecular flexibility index (Phi) is 5.20. The molecule has 2 atom stereocenters. The third kappa shape index (κ3) is 3.30.